The molecule has 0 bridgehead atoms. The lowest BCUT2D eigenvalue weighted by molar-refractivity contribution is 0.0397. The first-order valence-electron chi connectivity index (χ1n) is 8.82. The standard InChI is InChI=1S/C20H24INO2/c1-24-16-5-7-22(8-6-16)12-14-10-17(14)18-11-15(23)9-13-3-2-4-19(21)20(13)18/h2-4,9,11,14,16-17,23H,5-8,10,12H2,1H3/t14-,17+/m0/s1. The lowest BCUT2D eigenvalue weighted by atomic mass is 9.99. The van der Waals surface area contributed by atoms with E-state index in [1.165, 1.54) is 27.5 Å². The topological polar surface area (TPSA) is 32.7 Å². The highest BCUT2D eigenvalue weighted by molar-refractivity contribution is 14.1. The average Bonchev–Trinajstić information content (AvgIpc) is 3.34. The van der Waals surface area contributed by atoms with Crippen LogP contribution in [0.15, 0.2) is 30.3 Å². The van der Waals surface area contributed by atoms with Gasteiger partial charge in [0.05, 0.1) is 6.10 Å². The second-order valence-electron chi connectivity index (χ2n) is 7.21. The monoisotopic (exact) mass is 437 g/mol. The molecule has 0 radical (unpaired) electrons. The molecule has 4 heteroatoms. The van der Waals surface area contributed by atoms with Gasteiger partial charge in [0, 0.05) is 30.3 Å². The summed E-state index contributed by atoms with van der Waals surface area (Å²) in [4.78, 5) is 2.59. The van der Waals surface area contributed by atoms with Gasteiger partial charge in [-0.1, -0.05) is 12.1 Å². The van der Waals surface area contributed by atoms with Crippen molar-refractivity contribution in [1.82, 2.24) is 4.90 Å². The summed E-state index contributed by atoms with van der Waals surface area (Å²) in [5, 5.41) is 12.6. The van der Waals surface area contributed by atoms with Gasteiger partial charge in [-0.2, -0.15) is 0 Å². The molecule has 1 heterocycles. The third-order valence-corrected chi connectivity index (χ3v) is 6.52. The average molecular weight is 437 g/mol. The number of likely N-dealkylation sites (tertiary alicyclic amines) is 1. The zero-order valence-electron chi connectivity index (χ0n) is 14.0. The molecule has 4 rings (SSSR count). The molecule has 128 valence electrons. The number of phenols is 1. The van der Waals surface area contributed by atoms with Gasteiger partial charge in [-0.25, -0.2) is 0 Å². The van der Waals surface area contributed by atoms with Crippen LogP contribution in [0.25, 0.3) is 10.8 Å². The van der Waals surface area contributed by atoms with E-state index < -0.39 is 0 Å². The van der Waals surface area contributed by atoms with Crippen LogP contribution < -0.4 is 0 Å². The highest BCUT2D eigenvalue weighted by Gasteiger charge is 2.41. The molecule has 1 aliphatic heterocycles. The molecule has 2 fully saturated rings. The van der Waals surface area contributed by atoms with Crippen LogP contribution in [0.4, 0.5) is 0 Å². The Morgan fingerprint density at radius 2 is 2.04 bits per heavy atom. The molecule has 2 atom stereocenters. The number of hydrogen-bond acceptors (Lipinski definition) is 3. The van der Waals surface area contributed by atoms with E-state index in [0.717, 1.165) is 37.2 Å². The lowest BCUT2D eigenvalue weighted by Gasteiger charge is -2.31. The van der Waals surface area contributed by atoms with Gasteiger partial charge in [0.25, 0.3) is 0 Å². The number of hydrogen-bond donors (Lipinski definition) is 1. The molecule has 2 aromatic rings. The summed E-state index contributed by atoms with van der Waals surface area (Å²) >= 11 is 2.42. The van der Waals surface area contributed by atoms with Gasteiger partial charge in [0.1, 0.15) is 5.75 Å². The molecule has 24 heavy (non-hydrogen) atoms. The Hall–Kier alpha value is -0.850. The molecule has 0 aromatic heterocycles. The minimum atomic E-state index is 0.394. The van der Waals surface area contributed by atoms with E-state index in [9.17, 15) is 5.11 Å². The largest absolute Gasteiger partial charge is 0.508 e. The molecular weight excluding hydrogens is 413 g/mol. The van der Waals surface area contributed by atoms with Crippen molar-refractivity contribution < 1.29 is 9.84 Å². The van der Waals surface area contributed by atoms with Crippen LogP contribution in [0.5, 0.6) is 5.75 Å². The first kappa shape index (κ1) is 16.6. The van der Waals surface area contributed by atoms with Gasteiger partial charge in [-0.15, -0.1) is 0 Å². The number of aromatic hydroxyl groups is 1. The second-order valence-corrected chi connectivity index (χ2v) is 8.37. The number of benzene rings is 2. The number of halogens is 1. The van der Waals surface area contributed by atoms with Gasteiger partial charge in [-0.05, 0) is 88.2 Å². The Labute approximate surface area is 157 Å². The van der Waals surface area contributed by atoms with E-state index in [2.05, 4.69) is 45.7 Å². The summed E-state index contributed by atoms with van der Waals surface area (Å²) in [6, 6.07) is 10.2. The first-order chi connectivity index (χ1) is 11.7. The van der Waals surface area contributed by atoms with E-state index >= 15 is 0 Å². The van der Waals surface area contributed by atoms with Crippen molar-refractivity contribution in [1.29, 1.82) is 0 Å². The van der Waals surface area contributed by atoms with E-state index in [1.54, 1.807) is 0 Å². The summed E-state index contributed by atoms with van der Waals surface area (Å²) in [6.45, 7) is 3.49. The summed E-state index contributed by atoms with van der Waals surface area (Å²) in [5.41, 5.74) is 1.34. The van der Waals surface area contributed by atoms with Crippen LogP contribution in [-0.4, -0.2) is 42.9 Å². The molecular formula is C20H24INO2. The minimum absolute atomic E-state index is 0.394. The Balaban J connectivity index is 1.50. The number of rotatable bonds is 4. The fourth-order valence-corrected chi connectivity index (χ4v) is 5.01. The number of phenolic OH excluding ortho intramolecular Hbond substituents is 1. The number of piperidine rings is 1. The van der Waals surface area contributed by atoms with Crippen molar-refractivity contribution in [2.24, 2.45) is 5.92 Å². The van der Waals surface area contributed by atoms with Crippen molar-refractivity contribution in [2.45, 2.75) is 31.3 Å². The number of methoxy groups -OCH3 is 1. The molecule has 0 spiro atoms. The van der Waals surface area contributed by atoms with Crippen molar-refractivity contribution in [3.05, 3.63) is 39.5 Å². The van der Waals surface area contributed by atoms with Gasteiger partial charge >= 0.3 is 0 Å². The van der Waals surface area contributed by atoms with Gasteiger partial charge in [-0.3, -0.25) is 0 Å². The number of fused-ring (bicyclic) bond motifs is 1. The number of ether oxygens (including phenoxy) is 1. The highest BCUT2D eigenvalue weighted by Crippen LogP contribution is 2.51. The molecule has 0 unspecified atom stereocenters. The Bertz CT molecular complexity index is 740. The Morgan fingerprint density at radius 3 is 2.79 bits per heavy atom. The van der Waals surface area contributed by atoms with Crippen LogP contribution in [0.1, 0.15) is 30.7 Å². The first-order valence-corrected chi connectivity index (χ1v) is 9.90. The van der Waals surface area contributed by atoms with Gasteiger partial charge < -0.3 is 14.7 Å². The molecule has 1 saturated carbocycles. The molecule has 1 saturated heterocycles. The smallest absolute Gasteiger partial charge is 0.116 e. The third-order valence-electron chi connectivity index (χ3n) is 5.62. The fourth-order valence-electron chi connectivity index (χ4n) is 4.18. The summed E-state index contributed by atoms with van der Waals surface area (Å²) < 4.78 is 6.75. The predicted octanol–water partition coefficient (Wildman–Crippen LogP) is 4.36. The van der Waals surface area contributed by atoms with Crippen LogP contribution in [0, 0.1) is 9.49 Å². The Kier molecular flexibility index (Phi) is 4.71. The van der Waals surface area contributed by atoms with Gasteiger partial charge in [0.15, 0.2) is 0 Å². The number of nitrogens with zero attached hydrogens (tertiary/aromatic N) is 1. The van der Waals surface area contributed by atoms with Crippen molar-refractivity contribution in [2.75, 3.05) is 26.7 Å². The minimum Gasteiger partial charge on any atom is -0.508 e. The SMILES string of the molecule is COC1CCN(C[C@@H]2C[C@H]2c2cc(O)cc3cccc(I)c23)CC1. The molecule has 3 nitrogen and oxygen atoms in total. The van der Waals surface area contributed by atoms with E-state index in [-0.39, 0.29) is 0 Å². The molecule has 1 aliphatic carbocycles. The summed E-state index contributed by atoms with van der Waals surface area (Å²) in [7, 11) is 1.83. The zero-order valence-corrected chi connectivity index (χ0v) is 16.2. The van der Waals surface area contributed by atoms with Crippen molar-refractivity contribution in [3.63, 3.8) is 0 Å². The van der Waals surface area contributed by atoms with Crippen LogP contribution in [-0.2, 0) is 4.74 Å². The van der Waals surface area contributed by atoms with Gasteiger partial charge in [0.2, 0.25) is 0 Å². The van der Waals surface area contributed by atoms with E-state index in [4.69, 9.17) is 4.74 Å². The fraction of sp³-hybridized carbons (Fsp3) is 0.500. The van der Waals surface area contributed by atoms with Crippen molar-refractivity contribution >= 4 is 33.4 Å². The maximum absolute atomic E-state index is 10.1. The lowest BCUT2D eigenvalue weighted by Crippen LogP contribution is -2.37. The summed E-state index contributed by atoms with van der Waals surface area (Å²) in [6.07, 6.45) is 4.00. The molecule has 1 N–H and O–H groups in total. The summed E-state index contributed by atoms with van der Waals surface area (Å²) in [5.74, 6) is 1.71. The maximum Gasteiger partial charge on any atom is 0.116 e. The predicted molar refractivity (Wildman–Crippen MR) is 106 cm³/mol. The normalized spacial score (nSPS) is 25.2. The van der Waals surface area contributed by atoms with Crippen LogP contribution in [0.2, 0.25) is 0 Å². The molecule has 0 amide bonds. The molecule has 2 aliphatic rings. The van der Waals surface area contributed by atoms with E-state index in [0.29, 0.717) is 17.8 Å². The van der Waals surface area contributed by atoms with Crippen molar-refractivity contribution in [3.8, 4) is 5.75 Å². The quantitative estimate of drug-likeness (QED) is 0.722. The Morgan fingerprint density at radius 1 is 1.25 bits per heavy atom. The van der Waals surface area contributed by atoms with E-state index in [1.807, 2.05) is 19.2 Å². The zero-order chi connectivity index (χ0) is 16.7. The second kappa shape index (κ2) is 6.81. The maximum atomic E-state index is 10.1. The third kappa shape index (κ3) is 3.28. The highest BCUT2D eigenvalue weighted by atomic mass is 127. The van der Waals surface area contributed by atoms with Crippen LogP contribution >= 0.6 is 22.6 Å². The molecule has 2 aromatic carbocycles. The van der Waals surface area contributed by atoms with Crippen LogP contribution in [0.3, 0.4) is 0 Å².